The standard InChI is InChI=1S/C19H31N3O4/c1-14(2)25-10-8-21-18(23)19(4-6-20-7-5-19)12-16-11-17(22-26-16)15-3-9-24-13-15/h11,14-15,20H,3-10,12-13H2,1-2H3,(H,21,23)/t15-/m0/s1. The lowest BCUT2D eigenvalue weighted by Crippen LogP contribution is -2.49. The molecule has 2 aliphatic heterocycles. The third-order valence-corrected chi connectivity index (χ3v) is 5.32. The lowest BCUT2D eigenvalue weighted by molar-refractivity contribution is -0.133. The number of amides is 1. The summed E-state index contributed by atoms with van der Waals surface area (Å²) in [4.78, 5) is 13.0. The minimum atomic E-state index is -0.438. The topological polar surface area (TPSA) is 85.6 Å². The van der Waals surface area contributed by atoms with Gasteiger partial charge in [0.05, 0.1) is 30.4 Å². The Hall–Kier alpha value is -1.44. The van der Waals surface area contributed by atoms with E-state index in [-0.39, 0.29) is 12.0 Å². The van der Waals surface area contributed by atoms with E-state index in [0.29, 0.717) is 32.1 Å². The monoisotopic (exact) mass is 365 g/mol. The number of hydrogen-bond donors (Lipinski definition) is 2. The second kappa shape index (κ2) is 8.97. The molecule has 2 saturated heterocycles. The van der Waals surface area contributed by atoms with Gasteiger partial charge in [-0.2, -0.15) is 0 Å². The predicted octanol–water partition coefficient (Wildman–Crippen LogP) is 1.63. The number of nitrogens with one attached hydrogen (secondary N) is 2. The largest absolute Gasteiger partial charge is 0.381 e. The first-order chi connectivity index (χ1) is 12.6. The highest BCUT2D eigenvalue weighted by molar-refractivity contribution is 5.83. The highest BCUT2D eigenvalue weighted by Crippen LogP contribution is 2.34. The number of carbonyl (C=O) groups excluding carboxylic acids is 1. The molecule has 1 aromatic heterocycles. The molecule has 0 unspecified atom stereocenters. The molecule has 0 radical (unpaired) electrons. The van der Waals surface area contributed by atoms with Crippen LogP contribution >= 0.6 is 0 Å². The van der Waals surface area contributed by atoms with Crippen molar-refractivity contribution >= 4 is 5.91 Å². The maximum Gasteiger partial charge on any atom is 0.226 e. The van der Waals surface area contributed by atoms with E-state index in [1.54, 1.807) is 0 Å². The van der Waals surface area contributed by atoms with Gasteiger partial charge in [0.15, 0.2) is 0 Å². The van der Waals surface area contributed by atoms with Gasteiger partial charge in [-0.25, -0.2) is 0 Å². The SMILES string of the molecule is CC(C)OCCNC(=O)C1(Cc2cc([C@H]3CCOC3)no2)CCNCC1. The van der Waals surface area contributed by atoms with E-state index in [0.717, 1.165) is 50.4 Å². The minimum absolute atomic E-state index is 0.0912. The van der Waals surface area contributed by atoms with E-state index in [9.17, 15) is 4.79 Å². The Bertz CT molecular complexity index is 575. The van der Waals surface area contributed by atoms with Crippen molar-refractivity contribution in [2.24, 2.45) is 5.41 Å². The number of nitrogens with zero attached hydrogens (tertiary/aromatic N) is 1. The summed E-state index contributed by atoms with van der Waals surface area (Å²) in [5, 5.41) is 10.6. The molecule has 3 rings (SSSR count). The van der Waals surface area contributed by atoms with Crippen LogP contribution in [-0.2, 0) is 20.7 Å². The molecule has 2 aliphatic rings. The van der Waals surface area contributed by atoms with Crippen molar-refractivity contribution < 1.29 is 18.8 Å². The van der Waals surface area contributed by atoms with Gasteiger partial charge < -0.3 is 24.6 Å². The van der Waals surface area contributed by atoms with Crippen LogP contribution in [0.3, 0.4) is 0 Å². The summed E-state index contributed by atoms with van der Waals surface area (Å²) in [5.74, 6) is 1.20. The summed E-state index contributed by atoms with van der Waals surface area (Å²) in [7, 11) is 0. The van der Waals surface area contributed by atoms with E-state index in [4.69, 9.17) is 14.0 Å². The molecule has 26 heavy (non-hydrogen) atoms. The smallest absolute Gasteiger partial charge is 0.226 e. The molecular weight excluding hydrogens is 334 g/mol. The fraction of sp³-hybridized carbons (Fsp3) is 0.789. The molecule has 0 saturated carbocycles. The van der Waals surface area contributed by atoms with Gasteiger partial charge in [-0.1, -0.05) is 5.16 Å². The number of ether oxygens (including phenoxy) is 2. The molecule has 146 valence electrons. The quantitative estimate of drug-likeness (QED) is 0.681. The van der Waals surface area contributed by atoms with Crippen LogP contribution in [0.4, 0.5) is 0 Å². The van der Waals surface area contributed by atoms with Crippen molar-refractivity contribution in [2.45, 2.75) is 51.6 Å². The predicted molar refractivity (Wildman–Crippen MR) is 97.0 cm³/mol. The Balaban J connectivity index is 1.62. The summed E-state index contributed by atoms with van der Waals surface area (Å²) in [6, 6.07) is 2.01. The van der Waals surface area contributed by atoms with Gasteiger partial charge in [0.2, 0.25) is 5.91 Å². The van der Waals surface area contributed by atoms with E-state index in [2.05, 4.69) is 15.8 Å². The fourth-order valence-corrected chi connectivity index (χ4v) is 3.74. The Morgan fingerprint density at radius 3 is 2.96 bits per heavy atom. The van der Waals surface area contributed by atoms with Gasteiger partial charge in [-0.15, -0.1) is 0 Å². The number of rotatable bonds is 8. The van der Waals surface area contributed by atoms with Gasteiger partial charge in [0, 0.05) is 31.6 Å². The van der Waals surface area contributed by atoms with Crippen LogP contribution in [0.5, 0.6) is 0 Å². The molecule has 0 bridgehead atoms. The van der Waals surface area contributed by atoms with Gasteiger partial charge >= 0.3 is 0 Å². The first kappa shape index (κ1) is 19.3. The van der Waals surface area contributed by atoms with E-state index in [1.807, 2.05) is 19.9 Å². The van der Waals surface area contributed by atoms with Gasteiger partial charge in [0.1, 0.15) is 5.76 Å². The summed E-state index contributed by atoms with van der Waals surface area (Å²) in [5.41, 5.74) is 0.513. The minimum Gasteiger partial charge on any atom is -0.381 e. The summed E-state index contributed by atoms with van der Waals surface area (Å²) < 4.78 is 16.5. The second-order valence-corrected chi connectivity index (χ2v) is 7.66. The zero-order valence-corrected chi connectivity index (χ0v) is 15.9. The second-order valence-electron chi connectivity index (χ2n) is 7.66. The van der Waals surface area contributed by atoms with Crippen molar-refractivity contribution in [2.75, 3.05) is 39.5 Å². The molecule has 0 aliphatic carbocycles. The Morgan fingerprint density at radius 2 is 2.27 bits per heavy atom. The van der Waals surface area contributed by atoms with Crippen LogP contribution < -0.4 is 10.6 Å². The first-order valence-electron chi connectivity index (χ1n) is 9.73. The third-order valence-electron chi connectivity index (χ3n) is 5.32. The molecular formula is C19H31N3O4. The highest BCUT2D eigenvalue weighted by atomic mass is 16.5. The average molecular weight is 365 g/mol. The Morgan fingerprint density at radius 1 is 1.46 bits per heavy atom. The molecule has 7 heteroatoms. The first-order valence-corrected chi connectivity index (χ1v) is 9.73. The van der Waals surface area contributed by atoms with Crippen molar-refractivity contribution in [1.82, 2.24) is 15.8 Å². The number of carbonyl (C=O) groups is 1. The summed E-state index contributed by atoms with van der Waals surface area (Å²) >= 11 is 0. The number of piperidine rings is 1. The van der Waals surface area contributed by atoms with Crippen LogP contribution in [0.25, 0.3) is 0 Å². The molecule has 0 spiro atoms. The number of hydrogen-bond acceptors (Lipinski definition) is 6. The average Bonchev–Trinajstić information content (AvgIpc) is 3.30. The normalized spacial score (nSPS) is 22.7. The van der Waals surface area contributed by atoms with E-state index < -0.39 is 5.41 Å². The molecule has 0 aromatic carbocycles. The van der Waals surface area contributed by atoms with E-state index in [1.165, 1.54) is 0 Å². The van der Waals surface area contributed by atoms with Crippen LogP contribution in [-0.4, -0.2) is 56.6 Å². The maximum absolute atomic E-state index is 13.0. The molecule has 2 N–H and O–H groups in total. The summed E-state index contributed by atoms with van der Waals surface area (Å²) in [6.45, 7) is 8.22. The zero-order chi connectivity index (χ0) is 18.4. The molecule has 3 heterocycles. The molecule has 1 aromatic rings. The Kier molecular flexibility index (Phi) is 6.67. The van der Waals surface area contributed by atoms with Crippen LogP contribution in [0.1, 0.15) is 50.5 Å². The summed E-state index contributed by atoms with van der Waals surface area (Å²) in [6.07, 6.45) is 3.34. The fourth-order valence-electron chi connectivity index (χ4n) is 3.74. The molecule has 1 amide bonds. The van der Waals surface area contributed by atoms with Crippen molar-refractivity contribution in [3.63, 3.8) is 0 Å². The van der Waals surface area contributed by atoms with Crippen LogP contribution in [0, 0.1) is 5.41 Å². The number of aromatic nitrogens is 1. The van der Waals surface area contributed by atoms with Crippen LogP contribution in [0.15, 0.2) is 10.6 Å². The van der Waals surface area contributed by atoms with Gasteiger partial charge in [-0.05, 0) is 46.2 Å². The Labute approximate surface area is 155 Å². The van der Waals surface area contributed by atoms with Crippen molar-refractivity contribution in [3.8, 4) is 0 Å². The lowest BCUT2D eigenvalue weighted by atomic mass is 9.74. The zero-order valence-electron chi connectivity index (χ0n) is 15.9. The van der Waals surface area contributed by atoms with E-state index >= 15 is 0 Å². The highest BCUT2D eigenvalue weighted by Gasteiger charge is 2.40. The van der Waals surface area contributed by atoms with Gasteiger partial charge in [0.25, 0.3) is 0 Å². The van der Waals surface area contributed by atoms with Gasteiger partial charge in [-0.3, -0.25) is 4.79 Å². The third kappa shape index (κ3) is 4.84. The van der Waals surface area contributed by atoms with Crippen LogP contribution in [0.2, 0.25) is 0 Å². The maximum atomic E-state index is 13.0. The molecule has 7 nitrogen and oxygen atoms in total. The molecule has 2 fully saturated rings. The molecule has 1 atom stereocenters. The lowest BCUT2D eigenvalue weighted by Gasteiger charge is -2.35. The van der Waals surface area contributed by atoms with Crippen molar-refractivity contribution in [1.29, 1.82) is 0 Å². The van der Waals surface area contributed by atoms with Crippen molar-refractivity contribution in [3.05, 3.63) is 17.5 Å².